The lowest BCUT2D eigenvalue weighted by Gasteiger charge is -2.11. The van der Waals surface area contributed by atoms with E-state index in [-0.39, 0.29) is 5.82 Å². The van der Waals surface area contributed by atoms with Gasteiger partial charge in [0.05, 0.1) is 40.8 Å². The van der Waals surface area contributed by atoms with Crippen LogP contribution in [0, 0.1) is 5.82 Å². The topological polar surface area (TPSA) is 109 Å². The molecule has 1 aromatic carbocycles. The van der Waals surface area contributed by atoms with Crippen LogP contribution in [0.5, 0.6) is 5.75 Å². The highest BCUT2D eigenvalue weighted by Gasteiger charge is 2.17. The molecule has 9 nitrogen and oxygen atoms in total. The summed E-state index contributed by atoms with van der Waals surface area (Å²) in [6.45, 7) is 1.38. The normalized spacial score (nSPS) is 11.6. The third-order valence-electron chi connectivity index (χ3n) is 6.04. The zero-order chi connectivity index (χ0) is 25.4. The zero-order valence-electron chi connectivity index (χ0n) is 20.2. The second-order valence-corrected chi connectivity index (χ2v) is 8.92. The summed E-state index contributed by atoms with van der Waals surface area (Å²) in [5.41, 5.74) is 6.14. The van der Waals surface area contributed by atoms with Gasteiger partial charge >= 0.3 is 0 Å². The predicted molar refractivity (Wildman–Crippen MR) is 139 cm³/mol. The lowest BCUT2D eigenvalue weighted by molar-refractivity contribution is 0.261. The first-order valence-corrected chi connectivity index (χ1v) is 11.7. The summed E-state index contributed by atoms with van der Waals surface area (Å²) in [5, 5.41) is 8.41. The van der Waals surface area contributed by atoms with Gasteiger partial charge in [-0.2, -0.15) is 5.10 Å². The van der Waals surface area contributed by atoms with E-state index < -0.39 is 0 Å². The van der Waals surface area contributed by atoms with Crippen LogP contribution >= 0.6 is 0 Å². The molecule has 0 radical (unpaired) electrons. The molecule has 0 atom stereocenters. The number of aromatic nitrogens is 7. The van der Waals surface area contributed by atoms with E-state index in [1.54, 1.807) is 43.1 Å². The minimum absolute atomic E-state index is 0.292. The molecule has 0 aliphatic rings. The number of nitrogens with one attached hydrogen (secondary N) is 2. The number of H-pyrrole nitrogens is 2. The number of halogens is 1. The van der Waals surface area contributed by atoms with Crippen LogP contribution in [0.3, 0.4) is 0 Å². The van der Waals surface area contributed by atoms with E-state index in [0.717, 1.165) is 50.9 Å². The van der Waals surface area contributed by atoms with E-state index in [1.807, 2.05) is 26.2 Å². The fourth-order valence-corrected chi connectivity index (χ4v) is 4.12. The quantitative estimate of drug-likeness (QED) is 0.331. The Morgan fingerprint density at radius 1 is 0.919 bits per heavy atom. The molecule has 5 heterocycles. The maximum absolute atomic E-state index is 13.4. The van der Waals surface area contributed by atoms with Gasteiger partial charge in [-0.1, -0.05) is 12.1 Å². The fourth-order valence-electron chi connectivity index (χ4n) is 4.12. The number of fused-ring (bicyclic) bond motifs is 2. The van der Waals surface area contributed by atoms with E-state index in [2.05, 4.69) is 35.0 Å². The first kappa shape index (κ1) is 22.7. The Bertz CT molecular complexity index is 1710. The Balaban J connectivity index is 1.37. The number of rotatable bonds is 7. The minimum Gasteiger partial charge on any atom is -0.491 e. The monoisotopic (exact) mass is 494 g/mol. The molecule has 6 rings (SSSR count). The van der Waals surface area contributed by atoms with Crippen molar-refractivity contribution in [3.8, 4) is 39.7 Å². The molecule has 5 aromatic heterocycles. The van der Waals surface area contributed by atoms with Crippen LogP contribution in [-0.2, 0) is 0 Å². The molecular weight excluding hydrogens is 471 g/mol. The molecule has 184 valence electrons. The average Bonchev–Trinajstić information content (AvgIpc) is 3.53. The summed E-state index contributed by atoms with van der Waals surface area (Å²) < 4.78 is 19.3. The van der Waals surface area contributed by atoms with Gasteiger partial charge in [0.15, 0.2) is 5.82 Å². The molecule has 0 unspecified atom stereocenters. The second kappa shape index (κ2) is 9.40. The van der Waals surface area contributed by atoms with Crippen LogP contribution in [0.1, 0.15) is 0 Å². The molecule has 0 saturated carbocycles. The van der Waals surface area contributed by atoms with Crippen molar-refractivity contribution in [2.75, 3.05) is 27.2 Å². The smallest absolute Gasteiger partial charge is 0.159 e. The number of hydrogen-bond acceptors (Lipinski definition) is 7. The first-order valence-electron chi connectivity index (χ1n) is 11.7. The molecule has 10 heteroatoms. The van der Waals surface area contributed by atoms with Crippen LogP contribution in [0.25, 0.3) is 55.8 Å². The largest absolute Gasteiger partial charge is 0.491 e. The SMILES string of the molecule is CN(C)CCOc1cncc(-c2cc3c(-c4nc5c(-c6ccc(F)cc6)cncc5[nH]4)n[nH]c3cn2)c1. The maximum atomic E-state index is 13.4. The molecule has 6 aromatic rings. The highest BCUT2D eigenvalue weighted by Crippen LogP contribution is 2.32. The van der Waals surface area contributed by atoms with Crippen molar-refractivity contribution < 1.29 is 9.13 Å². The molecule has 0 saturated heterocycles. The van der Waals surface area contributed by atoms with Gasteiger partial charge in [-0.05, 0) is 43.9 Å². The Morgan fingerprint density at radius 3 is 2.59 bits per heavy atom. The molecule has 0 fully saturated rings. The third-order valence-corrected chi connectivity index (χ3v) is 6.04. The Hall–Kier alpha value is -4.70. The van der Waals surface area contributed by atoms with Crippen LogP contribution in [-0.4, -0.2) is 67.3 Å². The summed E-state index contributed by atoms with van der Waals surface area (Å²) in [7, 11) is 4.00. The highest BCUT2D eigenvalue weighted by molar-refractivity contribution is 5.97. The van der Waals surface area contributed by atoms with Crippen molar-refractivity contribution in [3.63, 3.8) is 0 Å². The molecule has 0 spiro atoms. The number of nitrogens with zero attached hydrogens (tertiary/aromatic N) is 6. The third kappa shape index (κ3) is 4.50. The van der Waals surface area contributed by atoms with Crippen molar-refractivity contribution in [1.82, 2.24) is 40.0 Å². The molecule has 0 aliphatic carbocycles. The summed E-state index contributed by atoms with van der Waals surface area (Å²) in [5.74, 6) is 0.986. The fraction of sp³-hybridized carbons (Fsp3) is 0.148. The van der Waals surface area contributed by atoms with E-state index in [0.29, 0.717) is 23.9 Å². The van der Waals surface area contributed by atoms with Crippen molar-refractivity contribution >= 4 is 21.9 Å². The number of pyridine rings is 3. The van der Waals surface area contributed by atoms with Gasteiger partial charge < -0.3 is 14.6 Å². The minimum atomic E-state index is -0.292. The summed E-state index contributed by atoms with van der Waals surface area (Å²) >= 11 is 0. The second-order valence-electron chi connectivity index (χ2n) is 8.92. The van der Waals surface area contributed by atoms with Crippen LogP contribution in [0.4, 0.5) is 4.39 Å². The van der Waals surface area contributed by atoms with Gasteiger partial charge in [-0.25, -0.2) is 9.37 Å². The highest BCUT2D eigenvalue weighted by atomic mass is 19.1. The van der Waals surface area contributed by atoms with E-state index >= 15 is 0 Å². The number of imidazole rings is 1. The van der Waals surface area contributed by atoms with E-state index in [4.69, 9.17) is 9.72 Å². The predicted octanol–water partition coefficient (Wildman–Crippen LogP) is 4.70. The van der Waals surface area contributed by atoms with Gasteiger partial charge in [-0.15, -0.1) is 0 Å². The molecule has 0 bridgehead atoms. The Labute approximate surface area is 211 Å². The first-order chi connectivity index (χ1) is 18.0. The zero-order valence-corrected chi connectivity index (χ0v) is 20.2. The van der Waals surface area contributed by atoms with Gasteiger partial charge in [0.2, 0.25) is 0 Å². The van der Waals surface area contributed by atoms with Gasteiger partial charge in [0.25, 0.3) is 0 Å². The standard InChI is InChI=1S/C27H23FN8O/c1-36(2)7-8-37-19-9-17(11-29-12-19)22-10-20-23(15-31-22)34-35-26(20)27-32-24-14-30-13-21(25(24)33-27)16-3-5-18(28)6-4-16/h3-6,9-15H,7-8H2,1-2H3,(H,32,33)(H,34,35). The van der Waals surface area contributed by atoms with Gasteiger partial charge in [-0.3, -0.25) is 20.1 Å². The lowest BCUT2D eigenvalue weighted by Crippen LogP contribution is -2.19. The summed E-state index contributed by atoms with van der Waals surface area (Å²) in [6, 6.07) is 10.2. The molecule has 0 aliphatic heterocycles. The Kier molecular flexibility index (Phi) is 5.78. The molecule has 37 heavy (non-hydrogen) atoms. The van der Waals surface area contributed by atoms with Crippen molar-refractivity contribution in [3.05, 3.63) is 73.2 Å². The number of benzene rings is 1. The number of aromatic amines is 2. The number of ether oxygens (including phenoxy) is 1. The molecule has 2 N–H and O–H groups in total. The van der Waals surface area contributed by atoms with E-state index in [9.17, 15) is 4.39 Å². The van der Waals surface area contributed by atoms with Crippen molar-refractivity contribution in [1.29, 1.82) is 0 Å². The maximum Gasteiger partial charge on any atom is 0.159 e. The van der Waals surface area contributed by atoms with Crippen LogP contribution in [0.15, 0.2) is 67.4 Å². The summed E-state index contributed by atoms with van der Waals surface area (Å²) in [4.78, 5) is 23.5. The number of hydrogen-bond donors (Lipinski definition) is 2. The van der Waals surface area contributed by atoms with Crippen LogP contribution in [0.2, 0.25) is 0 Å². The van der Waals surface area contributed by atoms with Crippen molar-refractivity contribution in [2.24, 2.45) is 0 Å². The molecular formula is C27H23FN8O. The number of likely N-dealkylation sites (N-methyl/N-ethyl adjacent to an activating group) is 1. The Morgan fingerprint density at radius 2 is 1.76 bits per heavy atom. The van der Waals surface area contributed by atoms with Gasteiger partial charge in [0, 0.05) is 35.5 Å². The van der Waals surface area contributed by atoms with Gasteiger partial charge in [0.1, 0.15) is 23.9 Å². The summed E-state index contributed by atoms with van der Waals surface area (Å²) in [6.07, 6.45) is 8.64. The van der Waals surface area contributed by atoms with Crippen LogP contribution < -0.4 is 4.74 Å². The van der Waals surface area contributed by atoms with Crippen molar-refractivity contribution in [2.45, 2.75) is 0 Å². The van der Waals surface area contributed by atoms with E-state index in [1.165, 1.54) is 12.1 Å². The molecule has 0 amide bonds. The lowest BCUT2D eigenvalue weighted by atomic mass is 10.1. The average molecular weight is 495 g/mol.